The first-order chi connectivity index (χ1) is 9.65. The van der Waals surface area contributed by atoms with E-state index < -0.39 is 0 Å². The van der Waals surface area contributed by atoms with Crippen LogP contribution in [0.3, 0.4) is 0 Å². The number of hydrogen-bond acceptors (Lipinski definition) is 5. The van der Waals surface area contributed by atoms with Crippen LogP contribution in [0.5, 0.6) is 5.75 Å². The zero-order valence-corrected chi connectivity index (χ0v) is 11.8. The number of nitrogens with zero attached hydrogens (tertiary/aromatic N) is 1. The Morgan fingerprint density at radius 1 is 1.15 bits per heavy atom. The maximum Gasteiger partial charge on any atom is 0.298 e. The monoisotopic (exact) mass is 303 g/mol. The van der Waals surface area contributed by atoms with Gasteiger partial charge >= 0.3 is 0 Å². The second-order valence-corrected chi connectivity index (χ2v) is 6.02. The van der Waals surface area contributed by atoms with Crippen LogP contribution in [0.4, 0.5) is 10.5 Å². The Morgan fingerprint density at radius 2 is 2.00 bits per heavy atom. The molecule has 2 heterocycles. The lowest BCUT2D eigenvalue weighted by atomic mass is 10.2. The van der Waals surface area contributed by atoms with E-state index in [-0.39, 0.29) is 16.9 Å². The molecule has 1 aromatic carbocycles. The summed E-state index contributed by atoms with van der Waals surface area (Å²) in [6.07, 6.45) is 1.71. The number of aromatic hydroxyl groups is 1. The van der Waals surface area contributed by atoms with Gasteiger partial charge in [0.15, 0.2) is 0 Å². The van der Waals surface area contributed by atoms with Gasteiger partial charge in [-0.1, -0.05) is 12.1 Å². The van der Waals surface area contributed by atoms with E-state index in [1.807, 2.05) is 17.5 Å². The van der Waals surface area contributed by atoms with Crippen molar-refractivity contribution in [3.8, 4) is 5.75 Å². The topological polar surface area (TPSA) is 57.6 Å². The number of carbonyl (C=O) groups excluding carboxylic acids is 2. The molecule has 1 aromatic heterocycles. The van der Waals surface area contributed by atoms with Crippen molar-refractivity contribution in [3.05, 3.63) is 51.6 Å². The second-order valence-electron chi connectivity index (χ2n) is 4.05. The van der Waals surface area contributed by atoms with Crippen LogP contribution in [0.15, 0.2) is 46.7 Å². The normalized spacial score (nSPS) is 17.2. The number of benzene rings is 1. The van der Waals surface area contributed by atoms with Crippen molar-refractivity contribution in [3.63, 3.8) is 0 Å². The van der Waals surface area contributed by atoms with Crippen molar-refractivity contribution in [2.24, 2.45) is 0 Å². The summed E-state index contributed by atoms with van der Waals surface area (Å²) in [4.78, 5) is 26.7. The van der Waals surface area contributed by atoms with Crippen molar-refractivity contribution < 1.29 is 14.7 Å². The SMILES string of the molecule is O=C1S/C(=C\c2cccs2)C(=O)N1c1cccc(O)c1. The number of thiophene rings is 1. The highest BCUT2D eigenvalue weighted by atomic mass is 32.2. The van der Waals surface area contributed by atoms with Gasteiger partial charge < -0.3 is 5.11 Å². The number of rotatable bonds is 2. The summed E-state index contributed by atoms with van der Waals surface area (Å²) in [5, 5.41) is 11.0. The van der Waals surface area contributed by atoms with Gasteiger partial charge in [0, 0.05) is 10.9 Å². The molecule has 1 aliphatic rings. The highest BCUT2D eigenvalue weighted by molar-refractivity contribution is 8.19. The van der Waals surface area contributed by atoms with Crippen molar-refractivity contribution >= 4 is 46.0 Å². The fourth-order valence-electron chi connectivity index (χ4n) is 1.83. The van der Waals surface area contributed by atoms with E-state index in [1.54, 1.807) is 18.2 Å². The zero-order valence-electron chi connectivity index (χ0n) is 10.1. The third-order valence-corrected chi connectivity index (χ3v) is 4.39. The third-order valence-electron chi connectivity index (χ3n) is 2.70. The Bertz CT molecular complexity index is 707. The molecule has 1 aliphatic heterocycles. The minimum atomic E-state index is -0.362. The molecule has 2 amide bonds. The maximum atomic E-state index is 12.3. The number of imide groups is 1. The smallest absolute Gasteiger partial charge is 0.298 e. The van der Waals surface area contributed by atoms with Gasteiger partial charge in [0.1, 0.15) is 5.75 Å². The molecule has 6 heteroatoms. The molecule has 0 aliphatic carbocycles. The molecule has 0 unspecified atom stereocenters. The van der Waals surface area contributed by atoms with Crippen molar-refractivity contribution in [1.29, 1.82) is 0 Å². The summed E-state index contributed by atoms with van der Waals surface area (Å²) in [5.41, 5.74) is 0.377. The number of carbonyl (C=O) groups is 2. The van der Waals surface area contributed by atoms with Gasteiger partial charge in [0.05, 0.1) is 10.6 Å². The molecule has 0 spiro atoms. The lowest BCUT2D eigenvalue weighted by Crippen LogP contribution is -2.27. The van der Waals surface area contributed by atoms with Crippen molar-refractivity contribution in [1.82, 2.24) is 0 Å². The Labute approximate surface area is 123 Å². The van der Waals surface area contributed by atoms with Crippen molar-refractivity contribution in [2.45, 2.75) is 0 Å². The van der Waals surface area contributed by atoms with Crippen LogP contribution < -0.4 is 4.90 Å². The quantitative estimate of drug-likeness (QED) is 0.860. The summed E-state index contributed by atoms with van der Waals surface area (Å²) in [6, 6.07) is 9.86. The van der Waals surface area contributed by atoms with Crippen LogP contribution in [0.1, 0.15) is 4.88 Å². The highest BCUT2D eigenvalue weighted by Gasteiger charge is 2.36. The molecule has 3 rings (SSSR count). The fourth-order valence-corrected chi connectivity index (χ4v) is 3.39. The van der Waals surface area contributed by atoms with E-state index in [0.29, 0.717) is 10.6 Å². The molecule has 0 saturated carbocycles. The van der Waals surface area contributed by atoms with Gasteiger partial charge in [-0.25, -0.2) is 4.90 Å². The fraction of sp³-hybridized carbons (Fsp3) is 0. The third kappa shape index (κ3) is 2.35. The van der Waals surface area contributed by atoms with Gasteiger partial charge in [-0.2, -0.15) is 0 Å². The molecule has 1 fully saturated rings. The van der Waals surface area contributed by atoms with Gasteiger partial charge in [-0.3, -0.25) is 9.59 Å². The minimum Gasteiger partial charge on any atom is -0.508 e. The Kier molecular flexibility index (Phi) is 3.33. The maximum absolute atomic E-state index is 12.3. The molecule has 4 nitrogen and oxygen atoms in total. The largest absolute Gasteiger partial charge is 0.508 e. The van der Waals surface area contributed by atoms with Crippen LogP contribution >= 0.6 is 23.1 Å². The van der Waals surface area contributed by atoms with E-state index in [2.05, 4.69) is 0 Å². The Hall–Kier alpha value is -2.05. The average Bonchev–Trinajstić information content (AvgIpc) is 2.99. The first-order valence-corrected chi connectivity index (χ1v) is 7.45. The number of anilines is 1. The van der Waals surface area contributed by atoms with Crippen molar-refractivity contribution in [2.75, 3.05) is 4.90 Å². The van der Waals surface area contributed by atoms with Gasteiger partial charge in [-0.15, -0.1) is 11.3 Å². The van der Waals surface area contributed by atoms with Crippen LogP contribution in [-0.4, -0.2) is 16.3 Å². The molecule has 0 bridgehead atoms. The summed E-state index contributed by atoms with van der Waals surface area (Å²) < 4.78 is 0. The molecule has 100 valence electrons. The first-order valence-electron chi connectivity index (χ1n) is 5.75. The zero-order chi connectivity index (χ0) is 14.1. The standard InChI is InChI=1S/C14H9NO3S2/c16-10-4-1-3-9(7-10)15-13(17)12(20-14(15)18)8-11-5-2-6-19-11/h1-8,16H/b12-8-. The molecule has 1 N–H and O–H groups in total. The molecule has 1 saturated heterocycles. The molecule has 2 aromatic rings. The number of amides is 2. The van der Waals surface area contributed by atoms with Gasteiger partial charge in [-0.05, 0) is 41.4 Å². The second kappa shape index (κ2) is 5.15. The lowest BCUT2D eigenvalue weighted by Gasteiger charge is -2.12. The molecule has 0 atom stereocenters. The summed E-state index contributed by atoms with van der Waals surface area (Å²) in [6.45, 7) is 0. The molecule has 20 heavy (non-hydrogen) atoms. The Balaban J connectivity index is 1.95. The van der Waals surface area contributed by atoms with Crippen LogP contribution in [0, 0.1) is 0 Å². The predicted molar refractivity (Wildman–Crippen MR) is 80.9 cm³/mol. The Morgan fingerprint density at radius 3 is 2.70 bits per heavy atom. The van der Waals surface area contributed by atoms with Gasteiger partial charge in [0.2, 0.25) is 0 Å². The number of hydrogen-bond donors (Lipinski definition) is 1. The molecule has 0 radical (unpaired) electrons. The molecular formula is C14H9NO3S2. The van der Waals surface area contributed by atoms with E-state index >= 15 is 0 Å². The van der Waals surface area contributed by atoms with Crippen LogP contribution in [0.2, 0.25) is 0 Å². The highest BCUT2D eigenvalue weighted by Crippen LogP contribution is 2.36. The van der Waals surface area contributed by atoms with Crippen LogP contribution in [-0.2, 0) is 4.79 Å². The predicted octanol–water partition coefficient (Wildman–Crippen LogP) is 3.69. The summed E-state index contributed by atoms with van der Waals surface area (Å²) in [7, 11) is 0. The number of thioether (sulfide) groups is 1. The number of phenols is 1. The minimum absolute atomic E-state index is 0.0174. The van der Waals surface area contributed by atoms with E-state index in [0.717, 1.165) is 21.5 Å². The summed E-state index contributed by atoms with van der Waals surface area (Å²) in [5.74, 6) is -0.345. The van der Waals surface area contributed by atoms with E-state index in [9.17, 15) is 14.7 Å². The van der Waals surface area contributed by atoms with E-state index in [1.165, 1.54) is 23.5 Å². The summed E-state index contributed by atoms with van der Waals surface area (Å²) >= 11 is 2.41. The number of phenolic OH excluding ortho intramolecular Hbond substituents is 1. The average molecular weight is 303 g/mol. The van der Waals surface area contributed by atoms with E-state index in [4.69, 9.17) is 0 Å². The first kappa shape index (κ1) is 13.0. The van der Waals surface area contributed by atoms with Crippen LogP contribution in [0.25, 0.3) is 6.08 Å². The molecular weight excluding hydrogens is 294 g/mol. The van der Waals surface area contributed by atoms with Gasteiger partial charge in [0.25, 0.3) is 11.1 Å². The lowest BCUT2D eigenvalue weighted by molar-refractivity contribution is -0.113.